The quantitative estimate of drug-likeness (QED) is 0.248. The van der Waals surface area contributed by atoms with Crippen molar-refractivity contribution < 1.29 is 38.3 Å². The Morgan fingerprint density at radius 1 is 0.484 bits per heavy atom. The van der Waals surface area contributed by atoms with Gasteiger partial charge in [0.1, 0.15) is 0 Å². The summed E-state index contributed by atoms with van der Waals surface area (Å²) in [5.74, 6) is -3.30. The van der Waals surface area contributed by atoms with Gasteiger partial charge < -0.3 is 29.7 Å². The van der Waals surface area contributed by atoms with E-state index >= 15 is 0 Å². The average Bonchev–Trinajstić information content (AvgIpc) is 2.68. The Morgan fingerprint density at radius 3 is 0.677 bits per heavy atom. The van der Waals surface area contributed by atoms with Crippen LogP contribution in [0.15, 0.2) is 0 Å². The molecule has 0 aliphatic rings. The number of aliphatic carboxylic acids is 3. The Labute approximate surface area is 218 Å². The van der Waals surface area contributed by atoms with Gasteiger partial charge in [-0.2, -0.15) is 0 Å². The second-order valence-corrected chi connectivity index (χ2v) is 7.78. The predicted octanol–water partition coefficient (Wildman–Crippen LogP) is 3.95. The molecule has 0 atom stereocenters. The number of hydrogen-bond donors (Lipinski definition) is 0. The fourth-order valence-electron chi connectivity index (χ4n) is 3.23. The standard InChI is InChI=1S/3C8H16O2.Bi.6H2/c3*1-3-5-7(6-4-2)8(9)10;;;;;;;/h3*7H,3-6H2,1-2H3,(H,9,10);;6*1H/q;;;+3;;;;;;/p-3. The topological polar surface area (TPSA) is 120 Å². The van der Waals surface area contributed by atoms with E-state index in [0.29, 0.717) is 0 Å². The molecule has 0 heterocycles. The molecule has 0 saturated heterocycles. The summed E-state index contributed by atoms with van der Waals surface area (Å²) in [7, 11) is 0. The third-order valence-corrected chi connectivity index (χ3v) is 4.82. The van der Waals surface area contributed by atoms with Gasteiger partial charge in [0.2, 0.25) is 0 Å². The molecule has 0 rings (SSSR count). The minimum atomic E-state index is -0.885. The van der Waals surface area contributed by atoms with E-state index in [1.54, 1.807) is 0 Å². The minimum Gasteiger partial charge on any atom is -0.550 e. The SMILES string of the molecule is CCCC(CCC)C(=O)[O-].CCCC(CCC)C(=O)[O-].CCCC(CCC)C(=O)[O-].[Bi+3].[HH].[HH].[HH].[HH].[HH].[HH]. The van der Waals surface area contributed by atoms with Gasteiger partial charge in [0.25, 0.3) is 0 Å². The Bertz CT molecular complexity index is 372. The molecule has 0 aliphatic heterocycles. The fraction of sp³-hybridized carbons (Fsp3) is 0.875. The maximum Gasteiger partial charge on any atom is 3.00 e. The van der Waals surface area contributed by atoms with Crippen molar-refractivity contribution in [1.29, 1.82) is 0 Å². The van der Waals surface area contributed by atoms with Gasteiger partial charge in [-0.15, -0.1) is 0 Å². The van der Waals surface area contributed by atoms with Crippen LogP contribution in [0.25, 0.3) is 0 Å². The van der Waals surface area contributed by atoms with Crippen LogP contribution in [0.1, 0.15) is 127 Å². The second-order valence-electron chi connectivity index (χ2n) is 7.78. The molecular formula is C24H57BiO6. The first-order valence-corrected chi connectivity index (χ1v) is 11.8. The van der Waals surface area contributed by atoms with E-state index in [-0.39, 0.29) is 52.5 Å². The summed E-state index contributed by atoms with van der Waals surface area (Å²) in [6.07, 6.45) is 10.1. The zero-order valence-corrected chi connectivity index (χ0v) is 24.1. The van der Waals surface area contributed by atoms with Crippen molar-refractivity contribution in [3.05, 3.63) is 0 Å². The molecule has 7 heteroatoms. The maximum atomic E-state index is 10.4. The molecule has 0 N–H and O–H groups in total. The second kappa shape index (κ2) is 27.3. The molecule has 0 aliphatic carbocycles. The van der Waals surface area contributed by atoms with E-state index in [9.17, 15) is 29.7 Å². The van der Waals surface area contributed by atoms with Crippen molar-refractivity contribution in [3.63, 3.8) is 0 Å². The van der Waals surface area contributed by atoms with Crippen molar-refractivity contribution >= 4 is 44.1 Å². The summed E-state index contributed by atoms with van der Waals surface area (Å²) in [6, 6.07) is 0. The first kappa shape index (κ1) is 37.6. The summed E-state index contributed by atoms with van der Waals surface area (Å²) in [5, 5.41) is 31.1. The first-order chi connectivity index (χ1) is 14.2. The van der Waals surface area contributed by atoms with Crippen LogP contribution in [0.2, 0.25) is 0 Å². The molecule has 0 fully saturated rings. The molecule has 0 unspecified atom stereocenters. The van der Waals surface area contributed by atoms with Crippen LogP contribution in [0, 0.1) is 17.8 Å². The molecule has 0 aromatic rings. The van der Waals surface area contributed by atoms with Gasteiger partial charge in [0, 0.05) is 26.5 Å². The third kappa shape index (κ3) is 25.4. The van der Waals surface area contributed by atoms with Gasteiger partial charge in [0.05, 0.1) is 0 Å². The largest absolute Gasteiger partial charge is 3.00 e. The van der Waals surface area contributed by atoms with E-state index in [2.05, 4.69) is 0 Å². The summed E-state index contributed by atoms with van der Waals surface area (Å²) >= 11 is 0. The molecule has 0 saturated carbocycles. The van der Waals surface area contributed by atoms with Gasteiger partial charge in [-0.05, 0) is 56.3 Å². The van der Waals surface area contributed by atoms with Gasteiger partial charge in [0.15, 0.2) is 0 Å². The molecular weight excluding hydrogens is 593 g/mol. The normalized spacial score (nSPS) is 9.97. The van der Waals surface area contributed by atoms with Crippen LogP contribution in [0.3, 0.4) is 0 Å². The Hall–Kier alpha value is -0.707. The first-order valence-electron chi connectivity index (χ1n) is 11.8. The molecule has 0 aromatic heterocycles. The number of carboxylic acids is 3. The number of carbonyl (C=O) groups is 3. The fourth-order valence-corrected chi connectivity index (χ4v) is 3.23. The third-order valence-electron chi connectivity index (χ3n) is 4.82. The van der Waals surface area contributed by atoms with E-state index in [0.717, 1.165) is 77.0 Å². The Kier molecular flexibility index (Phi) is 33.1. The van der Waals surface area contributed by atoms with Crippen molar-refractivity contribution in [2.24, 2.45) is 17.8 Å². The summed E-state index contributed by atoms with van der Waals surface area (Å²) < 4.78 is 0. The molecule has 0 spiro atoms. The smallest absolute Gasteiger partial charge is 0.550 e. The van der Waals surface area contributed by atoms with Crippen molar-refractivity contribution in [2.45, 2.75) is 119 Å². The van der Waals surface area contributed by atoms with E-state index in [4.69, 9.17) is 0 Å². The van der Waals surface area contributed by atoms with Crippen molar-refractivity contribution in [2.75, 3.05) is 0 Å². The number of carbonyl (C=O) groups excluding carboxylic acids is 3. The van der Waals surface area contributed by atoms with Gasteiger partial charge in [-0.3, -0.25) is 0 Å². The Balaban J connectivity index is -0.0000000337. The minimum absolute atomic E-state index is 0. The van der Waals surface area contributed by atoms with Gasteiger partial charge in [-0.25, -0.2) is 0 Å². The summed E-state index contributed by atoms with van der Waals surface area (Å²) in [6.45, 7) is 12.0. The molecule has 0 amide bonds. The number of carboxylic acid groups (broad SMARTS) is 3. The van der Waals surface area contributed by atoms with Gasteiger partial charge in [-0.1, -0.05) is 80.1 Å². The maximum absolute atomic E-state index is 10.4. The van der Waals surface area contributed by atoms with E-state index in [1.807, 2.05) is 41.5 Å². The number of hydrogen-bond acceptors (Lipinski definition) is 6. The van der Waals surface area contributed by atoms with Crippen LogP contribution in [-0.4, -0.2) is 44.1 Å². The van der Waals surface area contributed by atoms with Crippen LogP contribution in [-0.2, 0) is 14.4 Å². The zero-order chi connectivity index (χ0) is 23.9. The zero-order valence-electron chi connectivity index (χ0n) is 20.6. The van der Waals surface area contributed by atoms with Crippen LogP contribution in [0.5, 0.6) is 0 Å². The predicted molar refractivity (Wildman–Crippen MR) is 133 cm³/mol. The molecule has 2 radical (unpaired) electrons. The van der Waals surface area contributed by atoms with Crippen molar-refractivity contribution in [3.8, 4) is 0 Å². The van der Waals surface area contributed by atoms with Crippen LogP contribution < -0.4 is 15.3 Å². The average molecular weight is 651 g/mol. The van der Waals surface area contributed by atoms with Crippen LogP contribution >= 0.6 is 0 Å². The molecule has 194 valence electrons. The molecule has 6 nitrogen and oxygen atoms in total. The molecule has 0 bridgehead atoms. The molecule has 0 aromatic carbocycles. The Morgan fingerprint density at radius 2 is 0.613 bits per heavy atom. The summed E-state index contributed by atoms with van der Waals surface area (Å²) in [5.41, 5.74) is 0. The van der Waals surface area contributed by atoms with Gasteiger partial charge >= 0.3 is 26.2 Å². The van der Waals surface area contributed by atoms with Crippen LogP contribution in [0.4, 0.5) is 0 Å². The van der Waals surface area contributed by atoms with E-state index < -0.39 is 17.9 Å². The number of rotatable bonds is 15. The van der Waals surface area contributed by atoms with Crippen molar-refractivity contribution in [1.82, 2.24) is 0 Å². The molecule has 31 heavy (non-hydrogen) atoms. The summed E-state index contributed by atoms with van der Waals surface area (Å²) in [4.78, 5) is 31.1. The monoisotopic (exact) mass is 650 g/mol. The van der Waals surface area contributed by atoms with E-state index in [1.165, 1.54) is 0 Å².